The molecular weight excluding hydrogens is 261 g/mol. The summed E-state index contributed by atoms with van der Waals surface area (Å²) in [6, 6.07) is 3.36. The Hall–Kier alpha value is -0.610. The van der Waals surface area contributed by atoms with E-state index in [9.17, 15) is 4.39 Å². The van der Waals surface area contributed by atoms with E-state index in [1.54, 1.807) is 12.1 Å². The molecule has 1 aromatic carbocycles. The van der Waals surface area contributed by atoms with Gasteiger partial charge in [0.1, 0.15) is 5.60 Å². The molecule has 0 aliphatic heterocycles. The summed E-state index contributed by atoms with van der Waals surface area (Å²) in [6.07, 6.45) is 0. The summed E-state index contributed by atoms with van der Waals surface area (Å²) in [5.41, 5.74) is 5.78. The van der Waals surface area contributed by atoms with Crippen molar-refractivity contribution in [1.29, 1.82) is 0 Å². The fraction of sp³-hybridized carbons (Fsp3) is 0.455. The molecule has 0 saturated heterocycles. The van der Waals surface area contributed by atoms with Crippen molar-refractivity contribution in [1.82, 2.24) is 0 Å². The highest BCUT2D eigenvalue weighted by Crippen LogP contribution is 2.30. The second-order valence-electron chi connectivity index (χ2n) is 4.27. The van der Waals surface area contributed by atoms with E-state index in [4.69, 9.17) is 10.5 Å². The summed E-state index contributed by atoms with van der Waals surface area (Å²) in [5.74, 6) is -0.153. The molecular formula is C11H15BrFNO. The molecule has 84 valence electrons. The normalized spacial score (nSPS) is 11.6. The molecule has 0 radical (unpaired) electrons. The van der Waals surface area contributed by atoms with Gasteiger partial charge in [0.05, 0.1) is 4.47 Å². The van der Waals surface area contributed by atoms with Crippen LogP contribution in [0.5, 0.6) is 5.75 Å². The van der Waals surface area contributed by atoms with E-state index >= 15 is 0 Å². The Bertz CT molecular complexity index is 360. The summed E-state index contributed by atoms with van der Waals surface area (Å²) in [5, 5.41) is 0. The van der Waals surface area contributed by atoms with Crippen LogP contribution in [0.15, 0.2) is 16.6 Å². The number of benzene rings is 1. The van der Waals surface area contributed by atoms with Gasteiger partial charge in [0, 0.05) is 6.54 Å². The second-order valence-corrected chi connectivity index (χ2v) is 5.06. The number of nitrogens with two attached hydrogens (primary N) is 1. The van der Waals surface area contributed by atoms with E-state index in [0.29, 0.717) is 11.0 Å². The molecule has 0 atom stereocenters. The van der Waals surface area contributed by atoms with E-state index in [1.807, 2.05) is 20.8 Å². The maximum Gasteiger partial charge on any atom is 0.179 e. The molecule has 0 spiro atoms. The van der Waals surface area contributed by atoms with Crippen LogP contribution in [0.2, 0.25) is 0 Å². The highest BCUT2D eigenvalue weighted by molar-refractivity contribution is 9.10. The molecule has 15 heavy (non-hydrogen) atoms. The SMILES string of the molecule is CC(C)(C)Oc1ccc(CN)c(Br)c1F. The molecule has 0 aromatic heterocycles. The van der Waals surface area contributed by atoms with Crippen molar-refractivity contribution in [2.75, 3.05) is 0 Å². The molecule has 1 aromatic rings. The summed E-state index contributed by atoms with van der Waals surface area (Å²) >= 11 is 3.16. The number of ether oxygens (including phenoxy) is 1. The van der Waals surface area contributed by atoms with Crippen LogP contribution >= 0.6 is 15.9 Å². The lowest BCUT2D eigenvalue weighted by molar-refractivity contribution is 0.124. The first-order valence-electron chi connectivity index (χ1n) is 4.71. The van der Waals surface area contributed by atoms with Crippen LogP contribution in [0, 0.1) is 5.82 Å². The van der Waals surface area contributed by atoms with E-state index in [1.165, 1.54) is 0 Å². The zero-order chi connectivity index (χ0) is 11.6. The van der Waals surface area contributed by atoms with Crippen LogP contribution in [-0.2, 0) is 6.54 Å². The van der Waals surface area contributed by atoms with E-state index in [-0.39, 0.29) is 5.75 Å². The molecule has 2 nitrogen and oxygen atoms in total. The molecule has 0 aliphatic carbocycles. The molecule has 0 amide bonds. The van der Waals surface area contributed by atoms with Gasteiger partial charge in [-0.3, -0.25) is 0 Å². The lowest BCUT2D eigenvalue weighted by Gasteiger charge is -2.22. The smallest absolute Gasteiger partial charge is 0.179 e. The van der Waals surface area contributed by atoms with Crippen LogP contribution in [0.3, 0.4) is 0 Å². The maximum atomic E-state index is 13.8. The Balaban J connectivity index is 3.07. The summed E-state index contributed by atoms with van der Waals surface area (Å²) in [6.45, 7) is 5.92. The first kappa shape index (κ1) is 12.5. The lowest BCUT2D eigenvalue weighted by Crippen LogP contribution is -2.23. The molecule has 4 heteroatoms. The standard InChI is InChI=1S/C11H15BrFNO/c1-11(2,3)15-8-5-4-7(6-14)9(12)10(8)13/h4-5H,6,14H2,1-3H3. The highest BCUT2D eigenvalue weighted by Gasteiger charge is 2.17. The van der Waals surface area contributed by atoms with Crippen LogP contribution < -0.4 is 10.5 Å². The summed E-state index contributed by atoms with van der Waals surface area (Å²) < 4.78 is 19.6. The van der Waals surface area contributed by atoms with Gasteiger partial charge in [-0.05, 0) is 48.3 Å². The average Bonchev–Trinajstić information content (AvgIpc) is 2.11. The van der Waals surface area contributed by atoms with Crippen molar-refractivity contribution >= 4 is 15.9 Å². The molecule has 0 heterocycles. The Morgan fingerprint density at radius 1 is 1.40 bits per heavy atom. The minimum absolute atomic E-state index is 0.242. The molecule has 0 saturated carbocycles. The zero-order valence-corrected chi connectivity index (χ0v) is 10.7. The monoisotopic (exact) mass is 275 g/mol. The first-order chi connectivity index (χ1) is 6.85. The van der Waals surface area contributed by atoms with Crippen molar-refractivity contribution in [2.24, 2.45) is 5.73 Å². The van der Waals surface area contributed by atoms with Crippen molar-refractivity contribution in [2.45, 2.75) is 32.9 Å². The van der Waals surface area contributed by atoms with Gasteiger partial charge >= 0.3 is 0 Å². The van der Waals surface area contributed by atoms with Gasteiger partial charge in [0.2, 0.25) is 0 Å². The largest absolute Gasteiger partial charge is 0.485 e. The number of hydrogen-bond acceptors (Lipinski definition) is 2. The van der Waals surface area contributed by atoms with Crippen LogP contribution in [0.1, 0.15) is 26.3 Å². The van der Waals surface area contributed by atoms with Gasteiger partial charge in [0.15, 0.2) is 11.6 Å². The molecule has 1 rings (SSSR count). The molecule has 0 unspecified atom stereocenters. The Morgan fingerprint density at radius 3 is 2.47 bits per heavy atom. The lowest BCUT2D eigenvalue weighted by atomic mass is 10.1. The van der Waals surface area contributed by atoms with Gasteiger partial charge in [0.25, 0.3) is 0 Å². The predicted octanol–water partition coefficient (Wildman–Crippen LogP) is 3.22. The predicted molar refractivity (Wildman–Crippen MR) is 62.4 cm³/mol. The minimum Gasteiger partial charge on any atom is -0.485 e. The quantitative estimate of drug-likeness (QED) is 0.900. The first-order valence-corrected chi connectivity index (χ1v) is 5.50. The number of hydrogen-bond donors (Lipinski definition) is 1. The maximum absolute atomic E-state index is 13.8. The van der Waals surface area contributed by atoms with E-state index in [2.05, 4.69) is 15.9 Å². The van der Waals surface area contributed by atoms with Gasteiger partial charge in [-0.15, -0.1) is 0 Å². The third-order valence-corrected chi connectivity index (χ3v) is 2.62. The summed E-state index contributed by atoms with van der Waals surface area (Å²) in [7, 11) is 0. The third kappa shape index (κ3) is 3.18. The third-order valence-electron chi connectivity index (χ3n) is 1.76. The second kappa shape index (κ2) is 4.49. The van der Waals surface area contributed by atoms with Gasteiger partial charge in [-0.2, -0.15) is 0 Å². The Labute approximate surface area is 97.7 Å². The zero-order valence-electron chi connectivity index (χ0n) is 9.10. The van der Waals surface area contributed by atoms with Crippen molar-refractivity contribution < 1.29 is 9.13 Å². The van der Waals surface area contributed by atoms with Gasteiger partial charge in [-0.25, -0.2) is 4.39 Å². The van der Waals surface area contributed by atoms with Crippen molar-refractivity contribution in [3.63, 3.8) is 0 Å². The molecule has 0 aliphatic rings. The summed E-state index contributed by atoms with van der Waals surface area (Å²) in [4.78, 5) is 0. The van der Waals surface area contributed by atoms with Crippen LogP contribution in [-0.4, -0.2) is 5.60 Å². The molecule has 0 bridgehead atoms. The van der Waals surface area contributed by atoms with Crippen LogP contribution in [0.25, 0.3) is 0 Å². The number of rotatable bonds is 2. The fourth-order valence-electron chi connectivity index (χ4n) is 1.14. The molecule has 2 N–H and O–H groups in total. The topological polar surface area (TPSA) is 35.2 Å². The minimum atomic E-state index is -0.412. The number of halogens is 2. The van der Waals surface area contributed by atoms with Crippen LogP contribution in [0.4, 0.5) is 4.39 Å². The van der Waals surface area contributed by atoms with E-state index < -0.39 is 11.4 Å². The van der Waals surface area contributed by atoms with Crippen molar-refractivity contribution in [3.8, 4) is 5.75 Å². The van der Waals surface area contributed by atoms with Gasteiger partial charge in [-0.1, -0.05) is 6.07 Å². The van der Waals surface area contributed by atoms with Gasteiger partial charge < -0.3 is 10.5 Å². The molecule has 0 fully saturated rings. The average molecular weight is 276 g/mol. The Morgan fingerprint density at radius 2 is 2.00 bits per heavy atom. The Kier molecular flexibility index (Phi) is 3.73. The highest BCUT2D eigenvalue weighted by atomic mass is 79.9. The fourth-order valence-corrected chi connectivity index (χ4v) is 1.63. The van der Waals surface area contributed by atoms with Crippen molar-refractivity contribution in [3.05, 3.63) is 28.0 Å². The van der Waals surface area contributed by atoms with E-state index in [0.717, 1.165) is 5.56 Å².